The number of aromatic nitrogens is 2. The third-order valence-corrected chi connectivity index (χ3v) is 5.13. The molecule has 3 heterocycles. The minimum absolute atomic E-state index is 0.0962. The molecule has 1 atom stereocenters. The van der Waals surface area contributed by atoms with Crippen molar-refractivity contribution >= 4 is 5.91 Å². The summed E-state index contributed by atoms with van der Waals surface area (Å²) in [5.41, 5.74) is 2.50. The summed E-state index contributed by atoms with van der Waals surface area (Å²) >= 11 is 0. The van der Waals surface area contributed by atoms with E-state index in [1.54, 1.807) is 0 Å². The minimum atomic E-state index is -0.0962. The van der Waals surface area contributed by atoms with Gasteiger partial charge in [-0.05, 0) is 31.5 Å². The molecule has 1 aromatic heterocycles. The van der Waals surface area contributed by atoms with E-state index in [4.69, 9.17) is 9.47 Å². The molecule has 0 radical (unpaired) electrons. The second-order valence-corrected chi connectivity index (χ2v) is 7.35. The van der Waals surface area contributed by atoms with Crippen LogP contribution in [0.4, 0.5) is 0 Å². The smallest absolute Gasteiger partial charge is 0.255 e. The zero-order valence-corrected chi connectivity index (χ0v) is 15.9. The second-order valence-electron chi connectivity index (χ2n) is 7.35. The van der Waals surface area contributed by atoms with Gasteiger partial charge in [0, 0.05) is 30.9 Å². The molecule has 1 N–H and O–H groups in total. The highest BCUT2D eigenvalue weighted by Gasteiger charge is 2.23. The number of nitrogens with one attached hydrogen (secondary N) is 1. The molecule has 0 bridgehead atoms. The number of fused-ring (bicyclic) bond motifs is 1. The maximum atomic E-state index is 12.2. The van der Waals surface area contributed by atoms with Crippen molar-refractivity contribution < 1.29 is 14.3 Å². The summed E-state index contributed by atoms with van der Waals surface area (Å²) in [7, 11) is 0. The SMILES string of the molecule is CC(C)N1CCOC(Cn2cc(-c3ccc4c(c3)C(=O)NCCO4)cn2)C1. The molecule has 7 nitrogen and oxygen atoms in total. The number of hydrogen-bond acceptors (Lipinski definition) is 5. The molecule has 1 fully saturated rings. The van der Waals surface area contributed by atoms with Gasteiger partial charge in [0.25, 0.3) is 5.91 Å². The number of carbonyl (C=O) groups excluding carboxylic acids is 1. The van der Waals surface area contributed by atoms with Crippen molar-refractivity contribution in [1.29, 1.82) is 0 Å². The number of nitrogens with zero attached hydrogens (tertiary/aromatic N) is 3. The van der Waals surface area contributed by atoms with Gasteiger partial charge in [0.2, 0.25) is 0 Å². The molecule has 2 aliphatic rings. The van der Waals surface area contributed by atoms with E-state index in [1.807, 2.05) is 35.3 Å². The minimum Gasteiger partial charge on any atom is -0.491 e. The molecule has 1 aromatic carbocycles. The fourth-order valence-corrected chi connectivity index (χ4v) is 3.58. The molecular formula is C20H26N4O3. The standard InChI is InChI=1S/C20H26N4O3/c1-14(2)23-6-8-26-17(12-23)13-24-11-16(10-22-24)15-3-4-19-18(9-15)20(25)21-5-7-27-19/h3-4,9-11,14,17H,5-8,12-13H2,1-2H3,(H,21,25). The zero-order valence-electron chi connectivity index (χ0n) is 15.9. The predicted molar refractivity (Wildman–Crippen MR) is 102 cm³/mol. The van der Waals surface area contributed by atoms with Crippen molar-refractivity contribution in [2.75, 3.05) is 32.8 Å². The van der Waals surface area contributed by atoms with Crippen molar-refractivity contribution in [2.24, 2.45) is 0 Å². The number of amides is 1. The normalized spacial score (nSPS) is 20.7. The van der Waals surface area contributed by atoms with Gasteiger partial charge >= 0.3 is 0 Å². The number of hydrogen-bond donors (Lipinski definition) is 1. The van der Waals surface area contributed by atoms with Crippen LogP contribution in [-0.2, 0) is 11.3 Å². The van der Waals surface area contributed by atoms with Gasteiger partial charge in [0.15, 0.2) is 0 Å². The molecule has 7 heteroatoms. The van der Waals surface area contributed by atoms with E-state index < -0.39 is 0 Å². The van der Waals surface area contributed by atoms with Crippen LogP contribution in [0, 0.1) is 0 Å². The maximum Gasteiger partial charge on any atom is 0.255 e. The van der Waals surface area contributed by atoms with Crippen LogP contribution in [0.1, 0.15) is 24.2 Å². The Kier molecular flexibility index (Phi) is 5.13. The lowest BCUT2D eigenvalue weighted by Crippen LogP contribution is -2.47. The topological polar surface area (TPSA) is 68.6 Å². The highest BCUT2D eigenvalue weighted by atomic mass is 16.5. The molecule has 1 saturated heterocycles. The van der Waals surface area contributed by atoms with E-state index in [-0.39, 0.29) is 12.0 Å². The van der Waals surface area contributed by atoms with E-state index in [1.165, 1.54) is 0 Å². The third-order valence-electron chi connectivity index (χ3n) is 5.13. The second kappa shape index (κ2) is 7.70. The van der Waals surface area contributed by atoms with Crippen LogP contribution >= 0.6 is 0 Å². The number of ether oxygens (including phenoxy) is 2. The van der Waals surface area contributed by atoms with Crippen molar-refractivity contribution in [3.63, 3.8) is 0 Å². The van der Waals surface area contributed by atoms with Crippen molar-refractivity contribution in [1.82, 2.24) is 20.0 Å². The van der Waals surface area contributed by atoms with Crippen LogP contribution in [-0.4, -0.2) is 65.6 Å². The maximum absolute atomic E-state index is 12.2. The van der Waals surface area contributed by atoms with E-state index in [9.17, 15) is 4.79 Å². The summed E-state index contributed by atoms with van der Waals surface area (Å²) < 4.78 is 13.4. The van der Waals surface area contributed by atoms with Crippen molar-refractivity contribution in [3.8, 4) is 16.9 Å². The third kappa shape index (κ3) is 3.99. The predicted octanol–water partition coefficient (Wildman–Crippen LogP) is 1.78. The highest BCUT2D eigenvalue weighted by Crippen LogP contribution is 2.27. The molecule has 1 amide bonds. The van der Waals surface area contributed by atoms with Crippen LogP contribution in [0.5, 0.6) is 5.75 Å². The van der Waals surface area contributed by atoms with Crippen LogP contribution in [0.3, 0.4) is 0 Å². The highest BCUT2D eigenvalue weighted by molar-refractivity contribution is 5.98. The molecule has 144 valence electrons. The number of carbonyl (C=O) groups is 1. The van der Waals surface area contributed by atoms with E-state index in [2.05, 4.69) is 29.2 Å². The largest absolute Gasteiger partial charge is 0.491 e. The van der Waals surface area contributed by atoms with E-state index in [0.29, 0.717) is 30.5 Å². The lowest BCUT2D eigenvalue weighted by molar-refractivity contribution is -0.0469. The molecule has 1 unspecified atom stereocenters. The van der Waals surface area contributed by atoms with Crippen LogP contribution in [0.15, 0.2) is 30.6 Å². The van der Waals surface area contributed by atoms with Gasteiger partial charge in [-0.2, -0.15) is 5.10 Å². The average Bonchev–Trinajstić information content (AvgIpc) is 3.05. The first-order valence-electron chi connectivity index (χ1n) is 9.53. The fourth-order valence-electron chi connectivity index (χ4n) is 3.58. The van der Waals surface area contributed by atoms with Crippen LogP contribution < -0.4 is 10.1 Å². The molecular weight excluding hydrogens is 344 g/mol. The number of morpholine rings is 1. The Morgan fingerprint density at radius 3 is 3.04 bits per heavy atom. The monoisotopic (exact) mass is 370 g/mol. The molecule has 27 heavy (non-hydrogen) atoms. The number of benzene rings is 1. The molecule has 2 aromatic rings. The summed E-state index contributed by atoms with van der Waals surface area (Å²) in [6.07, 6.45) is 3.98. The Morgan fingerprint density at radius 2 is 2.19 bits per heavy atom. The van der Waals surface area contributed by atoms with Gasteiger partial charge in [-0.1, -0.05) is 6.07 Å². The van der Waals surface area contributed by atoms with Crippen molar-refractivity contribution in [3.05, 3.63) is 36.2 Å². The molecule has 4 rings (SSSR count). The van der Waals surface area contributed by atoms with Gasteiger partial charge in [0.05, 0.1) is 37.6 Å². The van der Waals surface area contributed by atoms with E-state index >= 15 is 0 Å². The Hall–Kier alpha value is -2.38. The Bertz CT molecular complexity index is 817. The van der Waals surface area contributed by atoms with Gasteiger partial charge in [-0.3, -0.25) is 14.4 Å². The first-order chi connectivity index (χ1) is 13.1. The van der Waals surface area contributed by atoms with Crippen LogP contribution in [0.25, 0.3) is 11.1 Å². The van der Waals surface area contributed by atoms with Crippen molar-refractivity contribution in [2.45, 2.75) is 32.5 Å². The molecule has 2 aliphatic heterocycles. The van der Waals surface area contributed by atoms with Gasteiger partial charge in [-0.25, -0.2) is 0 Å². The molecule has 0 saturated carbocycles. The van der Waals surface area contributed by atoms with E-state index in [0.717, 1.165) is 37.4 Å². The number of rotatable bonds is 4. The summed E-state index contributed by atoms with van der Waals surface area (Å²) in [5, 5.41) is 7.34. The Labute approximate surface area is 159 Å². The quantitative estimate of drug-likeness (QED) is 0.889. The summed E-state index contributed by atoms with van der Waals surface area (Å²) in [5.74, 6) is 0.534. The Balaban J connectivity index is 1.49. The summed E-state index contributed by atoms with van der Waals surface area (Å²) in [4.78, 5) is 14.6. The molecule has 0 spiro atoms. The van der Waals surface area contributed by atoms with Gasteiger partial charge in [-0.15, -0.1) is 0 Å². The van der Waals surface area contributed by atoms with Gasteiger partial charge in [0.1, 0.15) is 12.4 Å². The Morgan fingerprint density at radius 1 is 1.30 bits per heavy atom. The fraction of sp³-hybridized carbons (Fsp3) is 0.500. The van der Waals surface area contributed by atoms with Crippen LogP contribution in [0.2, 0.25) is 0 Å². The first kappa shape index (κ1) is 18.0. The lowest BCUT2D eigenvalue weighted by Gasteiger charge is -2.35. The molecule has 0 aliphatic carbocycles. The summed E-state index contributed by atoms with van der Waals surface area (Å²) in [6.45, 7) is 8.83. The van der Waals surface area contributed by atoms with Gasteiger partial charge < -0.3 is 14.8 Å². The first-order valence-corrected chi connectivity index (χ1v) is 9.53. The summed E-state index contributed by atoms with van der Waals surface area (Å²) in [6, 6.07) is 6.22. The lowest BCUT2D eigenvalue weighted by atomic mass is 10.0. The average molecular weight is 370 g/mol. The zero-order chi connectivity index (χ0) is 18.8.